The number of H-pyrrole nitrogens is 2. The molecule has 0 spiro atoms. The van der Waals surface area contributed by atoms with Crippen LogP contribution in [-0.2, 0) is 4.74 Å². The van der Waals surface area contributed by atoms with Gasteiger partial charge in [0.05, 0.1) is 34.2 Å². The highest BCUT2D eigenvalue weighted by Gasteiger charge is 2.35. The first-order valence-electron chi connectivity index (χ1n) is 15.4. The van der Waals surface area contributed by atoms with Crippen molar-refractivity contribution < 1.29 is 9.53 Å². The Hall–Kier alpha value is -4.43. The fraction of sp³-hybridized carbons (Fsp3) is 0.343. The van der Waals surface area contributed by atoms with Gasteiger partial charge in [-0.25, -0.2) is 14.8 Å². The molecule has 2 aromatic heterocycles. The van der Waals surface area contributed by atoms with Gasteiger partial charge in [0.1, 0.15) is 17.2 Å². The summed E-state index contributed by atoms with van der Waals surface area (Å²) >= 11 is 0. The molecule has 43 heavy (non-hydrogen) atoms. The maximum atomic E-state index is 12.9. The first kappa shape index (κ1) is 26.2. The van der Waals surface area contributed by atoms with Crippen LogP contribution >= 0.6 is 0 Å². The summed E-state index contributed by atoms with van der Waals surface area (Å²) in [5.41, 5.74) is 5.84. The van der Waals surface area contributed by atoms with Crippen molar-refractivity contribution in [3.8, 4) is 11.1 Å². The van der Waals surface area contributed by atoms with Crippen LogP contribution in [0.1, 0.15) is 70.2 Å². The zero-order valence-electron chi connectivity index (χ0n) is 24.8. The highest BCUT2D eigenvalue weighted by molar-refractivity contribution is 6.07. The minimum atomic E-state index is -0.529. The van der Waals surface area contributed by atoms with E-state index in [0.29, 0.717) is 12.6 Å². The van der Waals surface area contributed by atoms with E-state index in [-0.39, 0.29) is 12.1 Å². The number of hydrogen-bond donors (Lipinski definition) is 3. The van der Waals surface area contributed by atoms with Crippen LogP contribution in [0, 0.1) is 0 Å². The Balaban J connectivity index is 1.12. The highest BCUT2D eigenvalue weighted by atomic mass is 16.6. The molecule has 0 bridgehead atoms. The molecule has 8 nitrogen and oxygen atoms in total. The molecule has 4 heterocycles. The summed E-state index contributed by atoms with van der Waals surface area (Å²) in [7, 11) is 0. The number of fused-ring (bicyclic) bond motifs is 6. The van der Waals surface area contributed by atoms with Crippen LogP contribution < -0.4 is 5.32 Å². The molecule has 2 unspecified atom stereocenters. The summed E-state index contributed by atoms with van der Waals surface area (Å²) in [5.74, 6) is 1.86. The molecular formula is C35H36N6O2. The van der Waals surface area contributed by atoms with Crippen molar-refractivity contribution >= 4 is 49.7 Å². The first-order valence-corrected chi connectivity index (χ1v) is 15.4. The van der Waals surface area contributed by atoms with Gasteiger partial charge in [0, 0.05) is 17.3 Å². The van der Waals surface area contributed by atoms with Crippen LogP contribution in [-0.4, -0.2) is 49.6 Å². The van der Waals surface area contributed by atoms with E-state index in [2.05, 4.69) is 75.9 Å². The van der Waals surface area contributed by atoms with Gasteiger partial charge in [0.2, 0.25) is 0 Å². The molecule has 1 amide bonds. The molecule has 8 rings (SSSR count). The fourth-order valence-corrected chi connectivity index (χ4v) is 6.83. The van der Waals surface area contributed by atoms with E-state index >= 15 is 0 Å². The van der Waals surface area contributed by atoms with Gasteiger partial charge in [-0.15, -0.1) is 0 Å². The number of amides is 1. The van der Waals surface area contributed by atoms with E-state index in [4.69, 9.17) is 14.7 Å². The largest absolute Gasteiger partial charge is 0.444 e. The van der Waals surface area contributed by atoms with E-state index in [0.717, 1.165) is 75.9 Å². The van der Waals surface area contributed by atoms with Gasteiger partial charge < -0.3 is 20.0 Å². The molecule has 2 aliphatic rings. The molecule has 2 atom stereocenters. The molecule has 2 fully saturated rings. The number of likely N-dealkylation sites (tertiary alicyclic amines) is 1. The maximum Gasteiger partial charge on any atom is 0.410 e. The van der Waals surface area contributed by atoms with E-state index in [1.807, 2.05) is 25.7 Å². The minimum Gasteiger partial charge on any atom is -0.444 e. The third kappa shape index (κ3) is 4.61. The SMILES string of the molecule is CC(C)(C)OC(=O)N1CCCC1c1nc2c(ccc3cc(-c4ccc5c(ccc6[nH]c(C7CCCN7)nc65)c4)ccc32)[nH]1. The topological polar surface area (TPSA) is 98.9 Å². The van der Waals surface area contributed by atoms with Crippen molar-refractivity contribution in [3.05, 3.63) is 72.3 Å². The second kappa shape index (κ2) is 9.81. The van der Waals surface area contributed by atoms with Crippen LogP contribution in [0.4, 0.5) is 4.79 Å². The molecule has 4 aromatic carbocycles. The number of nitrogens with zero attached hydrogens (tertiary/aromatic N) is 3. The number of rotatable bonds is 3. The van der Waals surface area contributed by atoms with Crippen LogP contribution in [0.25, 0.3) is 54.7 Å². The molecule has 8 heteroatoms. The van der Waals surface area contributed by atoms with Crippen LogP contribution in [0.5, 0.6) is 0 Å². The summed E-state index contributed by atoms with van der Waals surface area (Å²) in [6, 6.07) is 22.0. The molecule has 2 saturated heterocycles. The predicted molar refractivity (Wildman–Crippen MR) is 171 cm³/mol. The Bertz CT molecular complexity index is 2030. The summed E-state index contributed by atoms with van der Waals surface area (Å²) in [5, 5.41) is 8.12. The Morgan fingerprint density at radius 1 is 0.814 bits per heavy atom. The lowest BCUT2D eigenvalue weighted by molar-refractivity contribution is 0.0219. The molecule has 6 aromatic rings. The molecule has 0 aliphatic carbocycles. The number of hydrogen-bond acceptors (Lipinski definition) is 5. The lowest BCUT2D eigenvalue weighted by Gasteiger charge is -2.27. The van der Waals surface area contributed by atoms with Gasteiger partial charge in [-0.05, 0) is 99.2 Å². The van der Waals surface area contributed by atoms with E-state index < -0.39 is 5.60 Å². The van der Waals surface area contributed by atoms with Gasteiger partial charge >= 0.3 is 6.09 Å². The number of aromatic amines is 2. The van der Waals surface area contributed by atoms with Crippen molar-refractivity contribution in [2.24, 2.45) is 0 Å². The number of benzene rings is 4. The number of carbonyl (C=O) groups excluding carboxylic acids is 1. The second-order valence-corrected chi connectivity index (χ2v) is 13.0. The first-order chi connectivity index (χ1) is 20.8. The van der Waals surface area contributed by atoms with Gasteiger partial charge in [0.15, 0.2) is 0 Å². The average Bonchev–Trinajstić information content (AvgIpc) is 3.80. The van der Waals surface area contributed by atoms with Gasteiger partial charge in [-0.3, -0.25) is 4.90 Å². The van der Waals surface area contributed by atoms with Gasteiger partial charge in [0.25, 0.3) is 0 Å². The van der Waals surface area contributed by atoms with E-state index in [1.165, 1.54) is 22.8 Å². The monoisotopic (exact) mass is 572 g/mol. The number of aromatic nitrogens is 4. The second-order valence-electron chi connectivity index (χ2n) is 13.0. The van der Waals surface area contributed by atoms with Crippen LogP contribution in [0.15, 0.2) is 60.7 Å². The number of nitrogens with one attached hydrogen (secondary N) is 3. The predicted octanol–water partition coefficient (Wildman–Crippen LogP) is 7.91. The molecule has 218 valence electrons. The lowest BCUT2D eigenvalue weighted by Crippen LogP contribution is -2.36. The van der Waals surface area contributed by atoms with Crippen molar-refractivity contribution in [2.75, 3.05) is 13.1 Å². The quantitative estimate of drug-likeness (QED) is 0.200. The highest BCUT2D eigenvalue weighted by Crippen LogP contribution is 2.36. The van der Waals surface area contributed by atoms with E-state index in [9.17, 15) is 4.79 Å². The van der Waals surface area contributed by atoms with Crippen molar-refractivity contribution in [1.82, 2.24) is 30.2 Å². The average molecular weight is 573 g/mol. The molecule has 2 aliphatic heterocycles. The summed E-state index contributed by atoms with van der Waals surface area (Å²) < 4.78 is 5.68. The Morgan fingerprint density at radius 3 is 2.05 bits per heavy atom. The van der Waals surface area contributed by atoms with Crippen molar-refractivity contribution in [1.29, 1.82) is 0 Å². The van der Waals surface area contributed by atoms with Gasteiger partial charge in [-0.1, -0.05) is 36.4 Å². The molecule has 3 N–H and O–H groups in total. The van der Waals surface area contributed by atoms with Gasteiger partial charge in [-0.2, -0.15) is 0 Å². The van der Waals surface area contributed by atoms with Crippen LogP contribution in [0.2, 0.25) is 0 Å². The molecule has 0 saturated carbocycles. The fourth-order valence-electron chi connectivity index (χ4n) is 6.83. The lowest BCUT2D eigenvalue weighted by atomic mass is 9.98. The standard InChI is InChI=1S/C35H36N6O2/c1-35(2,3)43-34(42)41-17-5-7-29(41)33-38-27-15-11-23-19-21(9-13-25(23)31(27)40-33)20-8-12-24-22(18-20)10-14-26-30(24)39-32(37-26)28-6-4-16-36-28/h8-15,18-19,28-29,36H,4-7,16-17H2,1-3H3,(H,37,39)(H,38,40). The molecular weight excluding hydrogens is 536 g/mol. The summed E-state index contributed by atoms with van der Waals surface area (Å²) in [6.45, 7) is 7.43. The molecule has 0 radical (unpaired) electrons. The zero-order chi connectivity index (χ0) is 29.3. The van der Waals surface area contributed by atoms with Crippen molar-refractivity contribution in [3.63, 3.8) is 0 Å². The number of carbonyl (C=O) groups is 1. The number of ether oxygens (including phenoxy) is 1. The smallest absolute Gasteiger partial charge is 0.410 e. The normalized spacial score (nSPS) is 19.4. The Morgan fingerprint density at radius 2 is 1.44 bits per heavy atom. The zero-order valence-corrected chi connectivity index (χ0v) is 24.8. The van der Waals surface area contributed by atoms with Crippen LogP contribution in [0.3, 0.4) is 0 Å². The summed E-state index contributed by atoms with van der Waals surface area (Å²) in [4.78, 5) is 31.8. The Labute approximate surface area is 249 Å². The third-order valence-corrected chi connectivity index (χ3v) is 8.89. The van der Waals surface area contributed by atoms with E-state index in [1.54, 1.807) is 0 Å². The maximum absolute atomic E-state index is 12.9. The number of imidazole rings is 2. The summed E-state index contributed by atoms with van der Waals surface area (Å²) in [6.07, 6.45) is 3.84. The minimum absolute atomic E-state index is 0.110. The van der Waals surface area contributed by atoms with Crippen molar-refractivity contribution in [2.45, 2.75) is 64.1 Å². The Kier molecular flexibility index (Phi) is 5.98. The third-order valence-electron chi connectivity index (χ3n) is 8.89.